The average molecular weight is 344 g/mol. The fraction of sp³-hybridized carbons (Fsp3) is 0.412. The van der Waals surface area contributed by atoms with Crippen LogP contribution in [-0.4, -0.2) is 27.3 Å². The number of benzene rings is 1. The third kappa shape index (κ3) is 3.17. The van der Waals surface area contributed by atoms with Gasteiger partial charge in [0.1, 0.15) is 11.9 Å². The zero-order chi connectivity index (χ0) is 16.5. The number of hydrogen-bond donors (Lipinski definition) is 3. The van der Waals surface area contributed by atoms with Gasteiger partial charge in [-0.3, -0.25) is 15.0 Å². The summed E-state index contributed by atoms with van der Waals surface area (Å²) >= 11 is 1.69. The van der Waals surface area contributed by atoms with E-state index >= 15 is 0 Å². The number of aryl methyl sites for hydroxylation is 1. The summed E-state index contributed by atoms with van der Waals surface area (Å²) in [6.45, 7) is 2.07. The van der Waals surface area contributed by atoms with Crippen LogP contribution in [0.4, 0.5) is 5.13 Å². The lowest BCUT2D eigenvalue weighted by Crippen LogP contribution is -2.33. The highest BCUT2D eigenvalue weighted by atomic mass is 32.1. The highest BCUT2D eigenvalue weighted by Gasteiger charge is 2.24. The SMILES string of the molecule is Cc1cnc(NC2CCCC(Oc3ccc4c(=O)[nH][nH]c4c3)C2)s1. The molecule has 0 amide bonds. The number of nitrogens with one attached hydrogen (secondary N) is 3. The molecule has 3 aromatic rings. The first-order valence-electron chi connectivity index (χ1n) is 8.23. The van der Waals surface area contributed by atoms with Crippen LogP contribution in [0.25, 0.3) is 10.9 Å². The summed E-state index contributed by atoms with van der Waals surface area (Å²) in [7, 11) is 0. The Morgan fingerprint density at radius 1 is 1.33 bits per heavy atom. The highest BCUT2D eigenvalue weighted by Crippen LogP contribution is 2.28. The van der Waals surface area contributed by atoms with Crippen LogP contribution in [0.3, 0.4) is 0 Å². The Bertz CT molecular complexity index is 897. The molecule has 1 saturated carbocycles. The van der Waals surface area contributed by atoms with Crippen molar-refractivity contribution in [3.63, 3.8) is 0 Å². The molecule has 1 aliphatic rings. The molecule has 1 aliphatic carbocycles. The fourth-order valence-electron chi connectivity index (χ4n) is 3.26. The van der Waals surface area contributed by atoms with Gasteiger partial charge in [-0.2, -0.15) is 0 Å². The van der Waals surface area contributed by atoms with Gasteiger partial charge >= 0.3 is 0 Å². The van der Waals surface area contributed by atoms with E-state index in [4.69, 9.17) is 4.74 Å². The molecule has 2 aromatic heterocycles. The van der Waals surface area contributed by atoms with E-state index < -0.39 is 0 Å². The molecule has 2 atom stereocenters. The predicted octanol–water partition coefficient (Wildman–Crippen LogP) is 3.42. The zero-order valence-electron chi connectivity index (χ0n) is 13.5. The van der Waals surface area contributed by atoms with Crippen LogP contribution in [0.1, 0.15) is 30.6 Å². The maximum absolute atomic E-state index is 11.6. The first-order chi connectivity index (χ1) is 11.7. The van der Waals surface area contributed by atoms with Crippen molar-refractivity contribution < 1.29 is 4.74 Å². The van der Waals surface area contributed by atoms with Gasteiger partial charge < -0.3 is 10.1 Å². The highest BCUT2D eigenvalue weighted by molar-refractivity contribution is 7.15. The molecule has 1 aromatic carbocycles. The number of nitrogens with zero attached hydrogens (tertiary/aromatic N) is 1. The molecule has 126 valence electrons. The van der Waals surface area contributed by atoms with Crippen LogP contribution >= 0.6 is 11.3 Å². The minimum absolute atomic E-state index is 0.0998. The van der Waals surface area contributed by atoms with Gasteiger partial charge in [-0.15, -0.1) is 11.3 Å². The van der Waals surface area contributed by atoms with Crippen molar-refractivity contribution in [2.75, 3.05) is 5.32 Å². The summed E-state index contributed by atoms with van der Waals surface area (Å²) in [6, 6.07) is 5.95. The molecule has 0 radical (unpaired) electrons. The minimum atomic E-state index is -0.0998. The molecule has 0 saturated heterocycles. The molecule has 2 heterocycles. The molecular weight excluding hydrogens is 324 g/mol. The van der Waals surface area contributed by atoms with Gasteiger partial charge in [0.2, 0.25) is 0 Å². The van der Waals surface area contributed by atoms with Gasteiger partial charge in [0.05, 0.1) is 10.9 Å². The lowest BCUT2D eigenvalue weighted by molar-refractivity contribution is 0.148. The second kappa shape index (κ2) is 6.32. The maximum Gasteiger partial charge on any atom is 0.271 e. The number of fused-ring (bicyclic) bond motifs is 1. The minimum Gasteiger partial charge on any atom is -0.490 e. The monoisotopic (exact) mass is 344 g/mol. The molecule has 0 aliphatic heterocycles. The summed E-state index contributed by atoms with van der Waals surface area (Å²) in [5.74, 6) is 0.800. The van der Waals surface area contributed by atoms with Gasteiger partial charge in [0.15, 0.2) is 5.13 Å². The Morgan fingerprint density at radius 2 is 2.25 bits per heavy atom. The van der Waals surface area contributed by atoms with Crippen LogP contribution in [-0.2, 0) is 0 Å². The van der Waals surface area contributed by atoms with Crippen LogP contribution in [0.5, 0.6) is 5.75 Å². The van der Waals surface area contributed by atoms with Gasteiger partial charge in [0, 0.05) is 29.6 Å². The molecule has 1 fully saturated rings. The number of anilines is 1. The summed E-state index contributed by atoms with van der Waals surface area (Å²) < 4.78 is 6.15. The number of rotatable bonds is 4. The Morgan fingerprint density at radius 3 is 3.08 bits per heavy atom. The Kier molecular flexibility index (Phi) is 4.02. The quantitative estimate of drug-likeness (QED) is 0.677. The first-order valence-corrected chi connectivity index (χ1v) is 9.05. The average Bonchev–Trinajstić information content (AvgIpc) is 3.14. The lowest BCUT2D eigenvalue weighted by atomic mass is 9.93. The molecule has 0 spiro atoms. The van der Waals surface area contributed by atoms with Gasteiger partial charge in [-0.25, -0.2) is 4.98 Å². The molecule has 2 unspecified atom stereocenters. The Labute approximate surface area is 143 Å². The van der Waals surface area contributed by atoms with Crippen molar-refractivity contribution in [3.05, 3.63) is 39.6 Å². The molecule has 6 nitrogen and oxygen atoms in total. The lowest BCUT2D eigenvalue weighted by Gasteiger charge is -2.30. The predicted molar refractivity (Wildman–Crippen MR) is 96.1 cm³/mol. The summed E-state index contributed by atoms with van der Waals surface area (Å²) in [5.41, 5.74) is 0.679. The third-order valence-electron chi connectivity index (χ3n) is 4.42. The van der Waals surface area contributed by atoms with E-state index in [1.807, 2.05) is 18.3 Å². The van der Waals surface area contributed by atoms with Crippen LogP contribution in [0, 0.1) is 6.92 Å². The molecule has 0 bridgehead atoms. The van der Waals surface area contributed by atoms with Gasteiger partial charge in [-0.05, 0) is 38.3 Å². The van der Waals surface area contributed by atoms with Crippen molar-refractivity contribution >= 4 is 27.4 Å². The normalized spacial score (nSPS) is 21.0. The van der Waals surface area contributed by atoms with Crippen LogP contribution < -0.4 is 15.6 Å². The number of hydrogen-bond acceptors (Lipinski definition) is 5. The Hall–Kier alpha value is -2.28. The number of H-pyrrole nitrogens is 2. The first kappa shape index (κ1) is 15.3. The largest absolute Gasteiger partial charge is 0.490 e. The number of thiazole rings is 1. The van der Waals surface area contributed by atoms with E-state index in [9.17, 15) is 4.79 Å². The van der Waals surface area contributed by atoms with E-state index in [1.54, 1.807) is 17.4 Å². The Balaban J connectivity index is 1.42. The van der Waals surface area contributed by atoms with Crippen molar-refractivity contribution in [3.8, 4) is 5.75 Å². The van der Waals surface area contributed by atoms with Crippen molar-refractivity contribution in [1.82, 2.24) is 15.2 Å². The molecule has 3 N–H and O–H groups in total. The summed E-state index contributed by atoms with van der Waals surface area (Å²) in [6.07, 6.45) is 6.37. The number of ether oxygens (including phenoxy) is 1. The van der Waals surface area contributed by atoms with E-state index in [0.29, 0.717) is 11.4 Å². The van der Waals surface area contributed by atoms with E-state index in [0.717, 1.165) is 42.1 Å². The number of aromatic amines is 2. The zero-order valence-corrected chi connectivity index (χ0v) is 14.3. The van der Waals surface area contributed by atoms with E-state index in [-0.39, 0.29) is 11.7 Å². The molecule has 24 heavy (non-hydrogen) atoms. The van der Waals surface area contributed by atoms with Crippen molar-refractivity contribution in [1.29, 1.82) is 0 Å². The third-order valence-corrected chi connectivity index (χ3v) is 5.27. The van der Waals surface area contributed by atoms with Crippen molar-refractivity contribution in [2.24, 2.45) is 0 Å². The van der Waals surface area contributed by atoms with Gasteiger partial charge in [0.25, 0.3) is 5.56 Å². The summed E-state index contributed by atoms with van der Waals surface area (Å²) in [5, 5.41) is 10.6. The fourth-order valence-corrected chi connectivity index (χ4v) is 4.00. The van der Waals surface area contributed by atoms with E-state index in [2.05, 4.69) is 27.4 Å². The summed E-state index contributed by atoms with van der Waals surface area (Å²) in [4.78, 5) is 17.2. The molecule has 4 rings (SSSR count). The second-order valence-corrected chi connectivity index (χ2v) is 7.55. The maximum atomic E-state index is 11.6. The second-order valence-electron chi connectivity index (χ2n) is 6.31. The standard InChI is InChI=1S/C17H20N4O2S/c1-10-9-18-17(24-10)19-11-3-2-4-12(7-11)23-13-5-6-14-15(8-13)20-21-16(14)22/h5-6,8-9,11-12H,2-4,7H2,1H3,(H,18,19)(H2,20,21,22). The topological polar surface area (TPSA) is 82.8 Å². The van der Waals surface area contributed by atoms with Crippen LogP contribution in [0.2, 0.25) is 0 Å². The molecule has 7 heteroatoms. The number of aromatic nitrogens is 3. The van der Waals surface area contributed by atoms with E-state index in [1.165, 1.54) is 4.88 Å². The van der Waals surface area contributed by atoms with Gasteiger partial charge in [-0.1, -0.05) is 0 Å². The van der Waals surface area contributed by atoms with Crippen molar-refractivity contribution in [2.45, 2.75) is 44.8 Å². The smallest absolute Gasteiger partial charge is 0.271 e. The molecular formula is C17H20N4O2S. The van der Waals surface area contributed by atoms with Crippen LogP contribution in [0.15, 0.2) is 29.2 Å².